The van der Waals surface area contributed by atoms with E-state index >= 15 is 0 Å². The summed E-state index contributed by atoms with van der Waals surface area (Å²) in [5, 5.41) is 4.79. The van der Waals surface area contributed by atoms with Crippen LogP contribution < -0.4 is 5.32 Å². The van der Waals surface area contributed by atoms with Gasteiger partial charge in [-0.2, -0.15) is 11.8 Å². The number of fused-ring (bicyclic) bond motifs is 1. The summed E-state index contributed by atoms with van der Waals surface area (Å²) in [5.74, 6) is 0.748. The second kappa shape index (κ2) is 7.00. The van der Waals surface area contributed by atoms with Crippen molar-refractivity contribution in [2.75, 3.05) is 12.8 Å². The van der Waals surface area contributed by atoms with Crippen LogP contribution in [-0.2, 0) is 6.42 Å². The number of rotatable bonds is 4. The maximum absolute atomic E-state index is 3.87. The molecule has 20 heavy (non-hydrogen) atoms. The van der Waals surface area contributed by atoms with Crippen molar-refractivity contribution in [3.05, 3.63) is 35.4 Å². The molecule has 1 fully saturated rings. The Balaban J connectivity index is 1.52. The second-order valence-corrected chi connectivity index (χ2v) is 7.54. The lowest BCUT2D eigenvalue weighted by Gasteiger charge is -2.31. The van der Waals surface area contributed by atoms with Crippen LogP contribution in [0.5, 0.6) is 0 Å². The molecular formula is C18H27NS. The molecule has 2 aliphatic carbocycles. The first-order valence-electron chi connectivity index (χ1n) is 8.21. The number of hydrogen-bond acceptors (Lipinski definition) is 2. The zero-order valence-corrected chi connectivity index (χ0v) is 13.4. The van der Waals surface area contributed by atoms with Crippen molar-refractivity contribution < 1.29 is 0 Å². The van der Waals surface area contributed by atoms with Crippen molar-refractivity contribution in [2.24, 2.45) is 0 Å². The summed E-state index contributed by atoms with van der Waals surface area (Å²) < 4.78 is 0. The van der Waals surface area contributed by atoms with Crippen molar-refractivity contribution in [2.45, 2.75) is 62.2 Å². The predicted octanol–water partition coefficient (Wildman–Crippen LogP) is 4.37. The van der Waals surface area contributed by atoms with Crippen molar-refractivity contribution >= 4 is 11.8 Å². The highest BCUT2D eigenvalue weighted by molar-refractivity contribution is 7.99. The van der Waals surface area contributed by atoms with E-state index in [9.17, 15) is 0 Å². The van der Waals surface area contributed by atoms with Gasteiger partial charge in [0.25, 0.3) is 0 Å². The van der Waals surface area contributed by atoms with Crippen LogP contribution in [0.2, 0.25) is 0 Å². The van der Waals surface area contributed by atoms with Crippen LogP contribution in [0.15, 0.2) is 24.3 Å². The molecule has 2 aliphatic rings. The Morgan fingerprint density at radius 3 is 2.70 bits per heavy atom. The van der Waals surface area contributed by atoms with Gasteiger partial charge < -0.3 is 5.32 Å². The minimum absolute atomic E-state index is 0.748. The van der Waals surface area contributed by atoms with Crippen LogP contribution in [0, 0.1) is 0 Å². The first-order chi connectivity index (χ1) is 9.86. The molecule has 1 unspecified atom stereocenters. The van der Waals surface area contributed by atoms with Crippen molar-refractivity contribution in [1.82, 2.24) is 5.32 Å². The molecule has 1 aromatic rings. The van der Waals surface area contributed by atoms with E-state index in [1.165, 1.54) is 51.5 Å². The van der Waals surface area contributed by atoms with Gasteiger partial charge in [0.1, 0.15) is 0 Å². The monoisotopic (exact) mass is 289 g/mol. The Labute approximate surface area is 127 Å². The highest BCUT2D eigenvalue weighted by atomic mass is 32.2. The van der Waals surface area contributed by atoms with Crippen LogP contribution in [0.1, 0.15) is 55.6 Å². The van der Waals surface area contributed by atoms with Gasteiger partial charge in [-0.05, 0) is 68.2 Å². The zero-order chi connectivity index (χ0) is 13.8. The molecule has 0 saturated heterocycles. The maximum Gasteiger partial charge on any atom is 0.00681 e. The fourth-order valence-corrected chi connectivity index (χ4v) is 4.62. The third kappa shape index (κ3) is 3.40. The van der Waals surface area contributed by atoms with Gasteiger partial charge in [-0.3, -0.25) is 0 Å². The van der Waals surface area contributed by atoms with E-state index in [0.29, 0.717) is 0 Å². The Kier molecular flexibility index (Phi) is 5.06. The SMILES string of the molecule is CSC1CCC(NCC2CCCc3ccccc32)CC1. The minimum atomic E-state index is 0.748. The molecule has 0 spiro atoms. The Bertz CT molecular complexity index is 423. The standard InChI is InChI=1S/C18H27NS/c1-20-17-11-9-16(10-12-17)19-13-15-7-4-6-14-5-2-3-8-18(14)15/h2-3,5,8,15-17,19H,4,6-7,9-13H2,1H3. The smallest absolute Gasteiger partial charge is 0.00681 e. The lowest BCUT2D eigenvalue weighted by Crippen LogP contribution is -2.37. The number of thioether (sulfide) groups is 1. The average Bonchev–Trinajstić information content (AvgIpc) is 2.53. The van der Waals surface area contributed by atoms with Gasteiger partial charge in [0.2, 0.25) is 0 Å². The largest absolute Gasteiger partial charge is 0.313 e. The van der Waals surface area contributed by atoms with E-state index in [-0.39, 0.29) is 0 Å². The molecule has 110 valence electrons. The van der Waals surface area contributed by atoms with Gasteiger partial charge >= 0.3 is 0 Å². The molecule has 0 aliphatic heterocycles. The summed E-state index contributed by atoms with van der Waals surface area (Å²) in [7, 11) is 0. The normalized spacial score (nSPS) is 29.9. The van der Waals surface area contributed by atoms with E-state index in [1.54, 1.807) is 11.1 Å². The average molecular weight is 289 g/mol. The van der Waals surface area contributed by atoms with E-state index < -0.39 is 0 Å². The molecule has 0 amide bonds. The van der Waals surface area contributed by atoms with Gasteiger partial charge in [0.15, 0.2) is 0 Å². The third-order valence-corrected chi connectivity index (χ3v) is 6.29. The number of hydrogen-bond donors (Lipinski definition) is 1. The minimum Gasteiger partial charge on any atom is -0.313 e. The highest BCUT2D eigenvalue weighted by Crippen LogP contribution is 2.32. The summed E-state index contributed by atoms with van der Waals surface area (Å²) >= 11 is 2.06. The van der Waals surface area contributed by atoms with Gasteiger partial charge in [-0.1, -0.05) is 24.3 Å². The molecule has 1 N–H and O–H groups in total. The Hall–Kier alpha value is -0.470. The number of nitrogens with one attached hydrogen (secondary N) is 1. The van der Waals surface area contributed by atoms with E-state index in [2.05, 4.69) is 47.6 Å². The lowest BCUT2D eigenvalue weighted by atomic mass is 9.82. The van der Waals surface area contributed by atoms with Gasteiger partial charge in [0, 0.05) is 17.8 Å². The molecular weight excluding hydrogens is 262 g/mol. The van der Waals surface area contributed by atoms with E-state index in [0.717, 1.165) is 17.2 Å². The quantitative estimate of drug-likeness (QED) is 0.883. The Morgan fingerprint density at radius 2 is 1.90 bits per heavy atom. The summed E-state index contributed by atoms with van der Waals surface area (Å²) in [5.41, 5.74) is 3.21. The Morgan fingerprint density at radius 1 is 1.10 bits per heavy atom. The zero-order valence-electron chi connectivity index (χ0n) is 12.6. The molecule has 1 aromatic carbocycles. The highest BCUT2D eigenvalue weighted by Gasteiger charge is 2.23. The lowest BCUT2D eigenvalue weighted by molar-refractivity contribution is 0.362. The third-order valence-electron chi connectivity index (χ3n) is 5.15. The topological polar surface area (TPSA) is 12.0 Å². The number of aryl methyl sites for hydroxylation is 1. The first-order valence-corrected chi connectivity index (χ1v) is 9.49. The number of benzene rings is 1. The maximum atomic E-state index is 3.87. The van der Waals surface area contributed by atoms with Gasteiger partial charge in [-0.25, -0.2) is 0 Å². The van der Waals surface area contributed by atoms with Crippen LogP contribution in [0.3, 0.4) is 0 Å². The second-order valence-electron chi connectivity index (χ2n) is 6.41. The van der Waals surface area contributed by atoms with Crippen molar-refractivity contribution in [1.29, 1.82) is 0 Å². The predicted molar refractivity (Wildman–Crippen MR) is 89.7 cm³/mol. The molecule has 2 heteroatoms. The summed E-state index contributed by atoms with van der Waals surface area (Å²) in [4.78, 5) is 0. The van der Waals surface area contributed by atoms with Crippen LogP contribution >= 0.6 is 11.8 Å². The van der Waals surface area contributed by atoms with Gasteiger partial charge in [-0.15, -0.1) is 0 Å². The molecule has 1 nitrogen and oxygen atoms in total. The van der Waals surface area contributed by atoms with Crippen LogP contribution in [0.25, 0.3) is 0 Å². The van der Waals surface area contributed by atoms with Crippen molar-refractivity contribution in [3.8, 4) is 0 Å². The van der Waals surface area contributed by atoms with Gasteiger partial charge in [0.05, 0.1) is 0 Å². The summed E-state index contributed by atoms with van der Waals surface area (Å²) in [6.45, 7) is 1.19. The molecule has 1 saturated carbocycles. The first kappa shape index (κ1) is 14.5. The molecule has 0 aromatic heterocycles. The fraction of sp³-hybridized carbons (Fsp3) is 0.667. The molecule has 0 heterocycles. The van der Waals surface area contributed by atoms with E-state index in [1.807, 2.05) is 0 Å². The molecule has 0 radical (unpaired) electrons. The molecule has 1 atom stereocenters. The van der Waals surface area contributed by atoms with Crippen LogP contribution in [0.4, 0.5) is 0 Å². The van der Waals surface area contributed by atoms with Crippen LogP contribution in [-0.4, -0.2) is 24.1 Å². The molecule has 0 bridgehead atoms. The summed E-state index contributed by atoms with van der Waals surface area (Å²) in [6, 6.07) is 9.85. The fourth-order valence-electron chi connectivity index (χ4n) is 3.88. The molecule has 3 rings (SSSR count). The van der Waals surface area contributed by atoms with E-state index in [4.69, 9.17) is 0 Å². The summed E-state index contributed by atoms with van der Waals surface area (Å²) in [6.07, 6.45) is 11.8. The van der Waals surface area contributed by atoms with Crippen molar-refractivity contribution in [3.63, 3.8) is 0 Å².